The van der Waals surface area contributed by atoms with Crippen molar-refractivity contribution in [3.05, 3.63) is 66.1 Å². The molecule has 1 aromatic carbocycles. The Morgan fingerprint density at radius 2 is 1.74 bits per heavy atom. The monoisotopic (exact) mass is 421 g/mol. The van der Waals surface area contributed by atoms with Crippen molar-refractivity contribution < 1.29 is 0 Å². The summed E-state index contributed by atoms with van der Waals surface area (Å²) in [5.41, 5.74) is 2.10. The van der Waals surface area contributed by atoms with Gasteiger partial charge in [0.05, 0.1) is 0 Å². The molecule has 0 saturated heterocycles. The first-order valence-corrected chi connectivity index (χ1v) is 11.2. The van der Waals surface area contributed by atoms with Gasteiger partial charge in [0.2, 0.25) is 0 Å². The van der Waals surface area contributed by atoms with Crippen LogP contribution in [0.3, 0.4) is 0 Å². The minimum absolute atomic E-state index is 0.0347. The van der Waals surface area contributed by atoms with Crippen molar-refractivity contribution in [2.45, 2.75) is 58.7 Å². The van der Waals surface area contributed by atoms with Crippen LogP contribution in [0.4, 0.5) is 0 Å². The summed E-state index contributed by atoms with van der Waals surface area (Å²) in [6.45, 7) is 10.8. The highest BCUT2D eigenvalue weighted by molar-refractivity contribution is 5.79. The summed E-state index contributed by atoms with van der Waals surface area (Å²) in [6, 6.07) is 16.7. The molecule has 0 radical (unpaired) electrons. The second-order valence-corrected chi connectivity index (χ2v) is 7.86. The maximum absolute atomic E-state index is 4.76. The third-order valence-electron chi connectivity index (χ3n) is 5.88. The minimum atomic E-state index is -0.0347. The summed E-state index contributed by atoms with van der Waals surface area (Å²) in [4.78, 5) is 4.76. The van der Waals surface area contributed by atoms with Crippen LogP contribution < -0.4 is 16.0 Å². The largest absolute Gasteiger partial charge is 0.357 e. The van der Waals surface area contributed by atoms with Crippen molar-refractivity contribution in [1.82, 2.24) is 30.5 Å². The molecule has 0 aliphatic rings. The van der Waals surface area contributed by atoms with E-state index in [4.69, 9.17) is 4.99 Å². The Kier molecular flexibility index (Phi) is 8.00. The predicted molar refractivity (Wildman–Crippen MR) is 127 cm³/mol. The third-order valence-corrected chi connectivity index (χ3v) is 5.88. The van der Waals surface area contributed by atoms with Crippen LogP contribution in [0.5, 0.6) is 0 Å². The van der Waals surface area contributed by atoms with Gasteiger partial charge in [-0.05, 0) is 44.4 Å². The Balaban J connectivity index is 1.69. The summed E-state index contributed by atoms with van der Waals surface area (Å²) in [7, 11) is 0. The smallest absolute Gasteiger partial charge is 0.191 e. The lowest BCUT2D eigenvalue weighted by Crippen LogP contribution is -2.55. The zero-order valence-electron chi connectivity index (χ0n) is 19.1. The Labute approximate surface area is 185 Å². The van der Waals surface area contributed by atoms with Gasteiger partial charge in [-0.1, -0.05) is 50.2 Å². The number of aromatic nitrogens is 3. The van der Waals surface area contributed by atoms with Gasteiger partial charge in [0.1, 0.15) is 6.54 Å². The molecule has 166 valence electrons. The molecule has 0 spiro atoms. The summed E-state index contributed by atoms with van der Waals surface area (Å²) >= 11 is 0. The zero-order valence-corrected chi connectivity index (χ0v) is 19.1. The van der Waals surface area contributed by atoms with Crippen molar-refractivity contribution in [3.63, 3.8) is 0 Å². The van der Waals surface area contributed by atoms with Crippen molar-refractivity contribution in [2.24, 2.45) is 4.99 Å². The molecule has 0 fully saturated rings. The average molecular weight is 422 g/mol. The van der Waals surface area contributed by atoms with E-state index in [1.165, 1.54) is 5.56 Å². The van der Waals surface area contributed by atoms with Crippen molar-refractivity contribution in [2.75, 3.05) is 13.1 Å². The molecule has 0 aliphatic carbocycles. The second kappa shape index (κ2) is 10.9. The fourth-order valence-electron chi connectivity index (χ4n) is 3.78. The van der Waals surface area contributed by atoms with E-state index < -0.39 is 0 Å². The number of nitrogens with one attached hydrogen (secondary N) is 3. The molecule has 0 bridgehead atoms. The highest BCUT2D eigenvalue weighted by Crippen LogP contribution is 2.21. The molecule has 0 amide bonds. The van der Waals surface area contributed by atoms with Crippen LogP contribution in [0.15, 0.2) is 59.7 Å². The van der Waals surface area contributed by atoms with Gasteiger partial charge in [-0.25, -0.2) is 4.99 Å². The van der Waals surface area contributed by atoms with E-state index in [1.807, 2.05) is 28.8 Å². The number of hydrogen-bond donors (Lipinski definition) is 3. The average Bonchev–Trinajstić information content (AvgIpc) is 3.23. The van der Waals surface area contributed by atoms with Gasteiger partial charge < -0.3 is 16.0 Å². The van der Waals surface area contributed by atoms with Gasteiger partial charge in [0, 0.05) is 30.9 Å². The van der Waals surface area contributed by atoms with E-state index >= 15 is 0 Å². The molecular formula is C24H35N7. The standard InChI is InChI=1S/C24H35N7/c1-5-24(6-2,28-19(4)20-13-9-8-10-14-20)18-27-23(25-7-3)26-17-22-30-29-21-15-11-12-16-31(21)22/h8-16,19,28H,5-7,17-18H2,1-4H3,(H2,25,26,27). The van der Waals surface area contributed by atoms with Crippen LogP contribution in [-0.2, 0) is 6.54 Å². The quantitative estimate of drug-likeness (QED) is 0.344. The van der Waals surface area contributed by atoms with Gasteiger partial charge in [0.25, 0.3) is 0 Å². The van der Waals surface area contributed by atoms with Gasteiger partial charge in [-0.3, -0.25) is 4.40 Å². The topological polar surface area (TPSA) is 78.6 Å². The molecule has 0 saturated carbocycles. The van der Waals surface area contributed by atoms with Crippen molar-refractivity contribution in [3.8, 4) is 0 Å². The Morgan fingerprint density at radius 3 is 2.45 bits per heavy atom. The van der Waals surface area contributed by atoms with Gasteiger partial charge >= 0.3 is 0 Å². The SMILES string of the molecule is CCNC(=NCc1nnc2ccccn12)NCC(CC)(CC)NC(C)c1ccccc1. The van der Waals surface area contributed by atoms with E-state index in [0.717, 1.165) is 43.4 Å². The van der Waals surface area contributed by atoms with E-state index in [9.17, 15) is 0 Å². The first-order valence-electron chi connectivity index (χ1n) is 11.2. The fourth-order valence-corrected chi connectivity index (χ4v) is 3.78. The molecule has 7 heteroatoms. The predicted octanol–water partition coefficient (Wildman–Crippen LogP) is 3.69. The number of rotatable bonds is 10. The fraction of sp³-hybridized carbons (Fsp3) is 0.458. The number of hydrogen-bond acceptors (Lipinski definition) is 4. The summed E-state index contributed by atoms with van der Waals surface area (Å²) < 4.78 is 1.97. The Morgan fingerprint density at radius 1 is 1.00 bits per heavy atom. The van der Waals surface area contributed by atoms with E-state index in [2.05, 4.69) is 84.2 Å². The number of nitrogens with zero attached hydrogens (tertiary/aromatic N) is 4. The number of guanidine groups is 1. The van der Waals surface area contributed by atoms with Crippen LogP contribution >= 0.6 is 0 Å². The molecule has 1 atom stereocenters. The van der Waals surface area contributed by atoms with Crippen LogP contribution in [0.25, 0.3) is 5.65 Å². The lowest BCUT2D eigenvalue weighted by Gasteiger charge is -2.37. The van der Waals surface area contributed by atoms with E-state index in [-0.39, 0.29) is 11.6 Å². The van der Waals surface area contributed by atoms with Crippen LogP contribution in [0, 0.1) is 0 Å². The van der Waals surface area contributed by atoms with Crippen molar-refractivity contribution >= 4 is 11.6 Å². The molecule has 3 rings (SSSR count). The second-order valence-electron chi connectivity index (χ2n) is 7.86. The first kappa shape index (κ1) is 22.7. The third kappa shape index (κ3) is 5.82. The lowest BCUT2D eigenvalue weighted by molar-refractivity contribution is 0.271. The minimum Gasteiger partial charge on any atom is -0.357 e. The van der Waals surface area contributed by atoms with Crippen LogP contribution in [-0.4, -0.2) is 39.2 Å². The molecule has 2 aromatic heterocycles. The molecule has 3 N–H and O–H groups in total. The van der Waals surface area contributed by atoms with Gasteiger partial charge in [-0.2, -0.15) is 0 Å². The number of benzene rings is 1. The Hall–Kier alpha value is -2.93. The van der Waals surface area contributed by atoms with Gasteiger partial charge in [0.15, 0.2) is 17.4 Å². The molecule has 3 aromatic rings. The summed E-state index contributed by atoms with van der Waals surface area (Å²) in [6.07, 6.45) is 4.00. The molecule has 0 aliphatic heterocycles. The number of pyridine rings is 1. The highest BCUT2D eigenvalue weighted by Gasteiger charge is 2.28. The number of aliphatic imine (C=N–C) groups is 1. The van der Waals surface area contributed by atoms with Gasteiger partial charge in [-0.15, -0.1) is 10.2 Å². The Bertz CT molecular complexity index is 960. The zero-order chi connectivity index (χ0) is 22.1. The summed E-state index contributed by atoms with van der Waals surface area (Å²) in [5.74, 6) is 1.61. The number of fused-ring (bicyclic) bond motifs is 1. The molecule has 31 heavy (non-hydrogen) atoms. The molecule has 1 unspecified atom stereocenters. The van der Waals surface area contributed by atoms with E-state index in [1.54, 1.807) is 0 Å². The first-order chi connectivity index (χ1) is 15.1. The van der Waals surface area contributed by atoms with E-state index in [0.29, 0.717) is 6.54 Å². The maximum atomic E-state index is 4.76. The molecular weight excluding hydrogens is 386 g/mol. The maximum Gasteiger partial charge on any atom is 0.191 e. The lowest BCUT2D eigenvalue weighted by atomic mass is 9.90. The van der Waals surface area contributed by atoms with Crippen LogP contribution in [0.1, 0.15) is 58.0 Å². The summed E-state index contributed by atoms with van der Waals surface area (Å²) in [5, 5.41) is 19.3. The highest BCUT2D eigenvalue weighted by atomic mass is 15.3. The van der Waals surface area contributed by atoms with Crippen LogP contribution in [0.2, 0.25) is 0 Å². The normalized spacial score (nSPS) is 13.4. The molecule has 7 nitrogen and oxygen atoms in total. The molecule has 2 heterocycles. The van der Waals surface area contributed by atoms with Crippen molar-refractivity contribution in [1.29, 1.82) is 0 Å².